The maximum atomic E-state index is 12.7. The number of nitrogens with zero attached hydrogens (tertiary/aromatic N) is 2. The van der Waals surface area contributed by atoms with E-state index in [1.165, 1.54) is 11.1 Å². The number of carbonyl (C=O) groups is 1. The van der Waals surface area contributed by atoms with Crippen LogP contribution in [0.1, 0.15) is 49.9 Å². The molecular weight excluding hydrogens is 412 g/mol. The van der Waals surface area contributed by atoms with E-state index in [0.29, 0.717) is 18.0 Å². The Balaban J connectivity index is 0.00000126. The number of pyridine rings is 1. The summed E-state index contributed by atoms with van der Waals surface area (Å²) in [6.45, 7) is 5.69. The first-order valence-electron chi connectivity index (χ1n) is 12.0. The fourth-order valence-corrected chi connectivity index (χ4v) is 4.82. The number of H-pyrrole nitrogens is 2. The van der Waals surface area contributed by atoms with Gasteiger partial charge in [0, 0.05) is 49.2 Å². The zero-order chi connectivity index (χ0) is 23.5. The van der Waals surface area contributed by atoms with Gasteiger partial charge in [-0.1, -0.05) is 26.0 Å². The molecule has 1 atom stereocenters. The SMILES string of the molecule is CC.CN(Cc1ccc2[nH]c(-c3cc4c([nH]c3=O)C=CCC4)cc2c1)CC1CCC(=O)N1C. The highest BCUT2D eigenvalue weighted by Gasteiger charge is 2.28. The van der Waals surface area contributed by atoms with Crippen molar-refractivity contribution < 1.29 is 4.79 Å². The van der Waals surface area contributed by atoms with Crippen molar-refractivity contribution in [1.82, 2.24) is 19.8 Å². The first-order valence-corrected chi connectivity index (χ1v) is 12.0. The average molecular weight is 447 g/mol. The van der Waals surface area contributed by atoms with E-state index in [4.69, 9.17) is 0 Å². The molecule has 2 aliphatic rings. The van der Waals surface area contributed by atoms with Crippen LogP contribution in [0, 0.1) is 0 Å². The Hall–Kier alpha value is -3.12. The molecule has 1 fully saturated rings. The summed E-state index contributed by atoms with van der Waals surface area (Å²) < 4.78 is 0. The van der Waals surface area contributed by atoms with Crippen LogP contribution in [0.15, 0.2) is 41.2 Å². The number of likely N-dealkylation sites (N-methyl/N-ethyl adjacent to an activating group) is 2. The third-order valence-corrected chi connectivity index (χ3v) is 6.60. The number of rotatable bonds is 5. The lowest BCUT2D eigenvalue weighted by atomic mass is 9.99. The molecular formula is C27H34N4O2. The van der Waals surface area contributed by atoms with Gasteiger partial charge in [-0.05, 0) is 67.8 Å². The smallest absolute Gasteiger partial charge is 0.257 e. The number of carbonyl (C=O) groups excluding carboxylic acids is 1. The van der Waals surface area contributed by atoms with Crippen molar-refractivity contribution in [3.05, 3.63) is 63.6 Å². The Bertz CT molecular complexity index is 1240. The molecule has 3 aromatic rings. The molecule has 6 heteroatoms. The summed E-state index contributed by atoms with van der Waals surface area (Å²) in [6.07, 6.45) is 7.65. The lowest BCUT2D eigenvalue weighted by molar-refractivity contribution is -0.127. The van der Waals surface area contributed by atoms with Crippen LogP contribution in [-0.4, -0.2) is 52.4 Å². The molecule has 33 heavy (non-hydrogen) atoms. The van der Waals surface area contributed by atoms with Gasteiger partial charge in [0.25, 0.3) is 5.56 Å². The van der Waals surface area contributed by atoms with Crippen molar-refractivity contribution in [3.63, 3.8) is 0 Å². The second-order valence-electron chi connectivity index (χ2n) is 8.89. The van der Waals surface area contributed by atoms with Gasteiger partial charge in [-0.2, -0.15) is 0 Å². The molecule has 1 saturated heterocycles. The first kappa shape index (κ1) is 23.1. The van der Waals surface area contributed by atoms with E-state index in [-0.39, 0.29) is 11.5 Å². The van der Waals surface area contributed by atoms with Crippen LogP contribution in [0.4, 0.5) is 0 Å². The lowest BCUT2D eigenvalue weighted by Crippen LogP contribution is -2.37. The third kappa shape index (κ3) is 4.81. The average Bonchev–Trinajstić information content (AvgIpc) is 3.38. The van der Waals surface area contributed by atoms with E-state index in [1.807, 2.05) is 37.9 Å². The van der Waals surface area contributed by atoms with Crippen LogP contribution in [-0.2, 0) is 17.8 Å². The number of benzene rings is 1. The second-order valence-corrected chi connectivity index (χ2v) is 8.89. The van der Waals surface area contributed by atoms with Crippen LogP contribution in [0.5, 0.6) is 0 Å². The summed E-state index contributed by atoms with van der Waals surface area (Å²) in [5.41, 5.74) is 5.84. The van der Waals surface area contributed by atoms with E-state index in [2.05, 4.69) is 52.3 Å². The summed E-state index contributed by atoms with van der Waals surface area (Å²) in [5.74, 6) is 0.243. The molecule has 1 unspecified atom stereocenters. The Labute approximate surface area is 195 Å². The first-order chi connectivity index (χ1) is 16.0. The summed E-state index contributed by atoms with van der Waals surface area (Å²) in [7, 11) is 4.00. The third-order valence-electron chi connectivity index (χ3n) is 6.60. The predicted molar refractivity (Wildman–Crippen MR) is 135 cm³/mol. The summed E-state index contributed by atoms with van der Waals surface area (Å²) >= 11 is 0. The number of aromatic amines is 2. The highest BCUT2D eigenvalue weighted by Crippen LogP contribution is 2.26. The molecule has 1 amide bonds. The fourth-order valence-electron chi connectivity index (χ4n) is 4.82. The molecule has 5 rings (SSSR count). The molecule has 1 aromatic carbocycles. The van der Waals surface area contributed by atoms with E-state index in [0.717, 1.165) is 54.6 Å². The Morgan fingerprint density at radius 3 is 2.67 bits per heavy atom. The predicted octanol–water partition coefficient (Wildman–Crippen LogP) is 4.56. The normalized spacial score (nSPS) is 17.4. The molecule has 174 valence electrons. The molecule has 6 nitrogen and oxygen atoms in total. The van der Waals surface area contributed by atoms with Crippen molar-refractivity contribution in [3.8, 4) is 11.3 Å². The molecule has 0 bridgehead atoms. The summed E-state index contributed by atoms with van der Waals surface area (Å²) in [6, 6.07) is 10.8. The number of aryl methyl sites for hydroxylation is 1. The zero-order valence-corrected chi connectivity index (χ0v) is 20.1. The second kappa shape index (κ2) is 9.79. The van der Waals surface area contributed by atoms with Crippen molar-refractivity contribution >= 4 is 22.9 Å². The molecule has 0 saturated carbocycles. The number of amides is 1. The number of nitrogens with one attached hydrogen (secondary N) is 2. The highest BCUT2D eigenvalue weighted by molar-refractivity contribution is 5.86. The highest BCUT2D eigenvalue weighted by atomic mass is 16.2. The Kier molecular flexibility index (Phi) is 6.84. The van der Waals surface area contributed by atoms with E-state index >= 15 is 0 Å². The minimum atomic E-state index is -0.0629. The summed E-state index contributed by atoms with van der Waals surface area (Å²) in [4.78, 5) is 35.0. The molecule has 1 aliphatic carbocycles. The van der Waals surface area contributed by atoms with E-state index < -0.39 is 0 Å². The van der Waals surface area contributed by atoms with Gasteiger partial charge >= 0.3 is 0 Å². The van der Waals surface area contributed by atoms with Crippen molar-refractivity contribution in [2.75, 3.05) is 20.6 Å². The van der Waals surface area contributed by atoms with Gasteiger partial charge in [0.1, 0.15) is 0 Å². The van der Waals surface area contributed by atoms with Crippen LogP contribution >= 0.6 is 0 Å². The van der Waals surface area contributed by atoms with Crippen LogP contribution in [0.3, 0.4) is 0 Å². The standard InChI is InChI=1S/C25H28N4O2.C2H6/c1-28(15-19-8-10-24(30)29(19)2)14-16-7-9-22-18(11-16)13-23(26-22)20-12-17-5-3-4-6-21(17)27-25(20)31;1-2/h4,6-7,9,11-13,19,26H,3,5,8,10,14-15H2,1-2H3,(H,27,31);1-2H3. The van der Waals surface area contributed by atoms with Gasteiger partial charge in [0.05, 0.1) is 11.3 Å². The fraction of sp³-hybridized carbons (Fsp3) is 0.407. The number of allylic oxidation sites excluding steroid dienone is 1. The minimum Gasteiger partial charge on any atom is -0.354 e. The Morgan fingerprint density at radius 1 is 1.09 bits per heavy atom. The zero-order valence-electron chi connectivity index (χ0n) is 20.1. The van der Waals surface area contributed by atoms with Gasteiger partial charge in [0.15, 0.2) is 0 Å². The number of aromatic nitrogens is 2. The van der Waals surface area contributed by atoms with Gasteiger partial charge in [-0.15, -0.1) is 0 Å². The topological polar surface area (TPSA) is 72.2 Å². The molecule has 2 N–H and O–H groups in total. The number of fused-ring (bicyclic) bond motifs is 2. The summed E-state index contributed by atoms with van der Waals surface area (Å²) in [5, 5.41) is 1.10. The maximum Gasteiger partial charge on any atom is 0.257 e. The number of hydrogen-bond donors (Lipinski definition) is 2. The van der Waals surface area contributed by atoms with Crippen molar-refractivity contribution in [2.45, 2.75) is 52.1 Å². The largest absolute Gasteiger partial charge is 0.354 e. The maximum absolute atomic E-state index is 12.7. The van der Waals surface area contributed by atoms with Crippen LogP contribution in [0.25, 0.3) is 28.2 Å². The minimum absolute atomic E-state index is 0.0629. The van der Waals surface area contributed by atoms with Crippen LogP contribution < -0.4 is 5.56 Å². The van der Waals surface area contributed by atoms with Gasteiger partial charge in [-0.3, -0.25) is 9.59 Å². The number of likely N-dealkylation sites (tertiary alicyclic amines) is 1. The van der Waals surface area contributed by atoms with Crippen molar-refractivity contribution in [2.24, 2.45) is 0 Å². The van der Waals surface area contributed by atoms with Crippen LogP contribution in [0.2, 0.25) is 0 Å². The molecule has 1 aliphatic heterocycles. The van der Waals surface area contributed by atoms with E-state index in [9.17, 15) is 9.59 Å². The lowest BCUT2D eigenvalue weighted by Gasteiger charge is -2.26. The van der Waals surface area contributed by atoms with Gasteiger partial charge in [-0.25, -0.2) is 0 Å². The molecule has 0 radical (unpaired) electrons. The quantitative estimate of drug-likeness (QED) is 0.603. The Morgan fingerprint density at radius 2 is 1.91 bits per heavy atom. The monoisotopic (exact) mass is 446 g/mol. The van der Waals surface area contributed by atoms with Gasteiger partial charge in [0.2, 0.25) is 5.91 Å². The van der Waals surface area contributed by atoms with E-state index in [1.54, 1.807) is 0 Å². The molecule has 3 heterocycles. The number of hydrogen-bond acceptors (Lipinski definition) is 3. The van der Waals surface area contributed by atoms with Gasteiger partial charge < -0.3 is 19.8 Å². The van der Waals surface area contributed by atoms with Crippen molar-refractivity contribution in [1.29, 1.82) is 0 Å². The molecule has 0 spiro atoms. The molecule has 2 aromatic heterocycles.